The average Bonchev–Trinajstić information content (AvgIpc) is 3.03. The van der Waals surface area contributed by atoms with Crippen molar-refractivity contribution in [3.05, 3.63) is 180 Å². The van der Waals surface area contributed by atoms with Crippen LogP contribution in [0.5, 0.6) is 0 Å². The number of hydrogen-bond acceptors (Lipinski definition) is 1. The molecule has 0 atom stereocenters. The first-order chi connectivity index (χ1) is 20.4. The van der Waals surface area contributed by atoms with Crippen LogP contribution in [-0.4, -0.2) is 0 Å². The molecule has 0 aliphatic carbocycles. The van der Waals surface area contributed by atoms with Crippen molar-refractivity contribution in [2.24, 2.45) is 0 Å². The fraction of sp³-hybridized carbons (Fsp3) is 0.122. The highest BCUT2D eigenvalue weighted by molar-refractivity contribution is 5.87. The van der Waals surface area contributed by atoms with E-state index in [2.05, 4.69) is 178 Å². The molecule has 0 saturated heterocycles. The molecule has 0 unspecified atom stereocenters. The molecule has 6 rings (SSSR count). The molecule has 2 aliphatic heterocycles. The third-order valence-electron chi connectivity index (χ3n) is 8.48. The Labute approximate surface area is 250 Å². The number of para-hydroxylation sites is 1. The third-order valence-corrected chi connectivity index (χ3v) is 8.48. The lowest BCUT2D eigenvalue weighted by atomic mass is 9.73. The molecule has 0 fully saturated rings. The number of fused-ring (bicyclic) bond motifs is 3. The molecule has 2 heterocycles. The quantitative estimate of drug-likeness (QED) is 0.248. The van der Waals surface area contributed by atoms with Crippen molar-refractivity contribution >= 4 is 11.3 Å². The summed E-state index contributed by atoms with van der Waals surface area (Å²) in [4.78, 5) is 2.31. The zero-order valence-corrected chi connectivity index (χ0v) is 24.7. The van der Waals surface area contributed by atoms with Gasteiger partial charge in [-0.15, -0.1) is 0 Å². The highest BCUT2D eigenvalue weighted by Crippen LogP contribution is 2.47. The van der Waals surface area contributed by atoms with E-state index < -0.39 is 0 Å². The summed E-state index contributed by atoms with van der Waals surface area (Å²) >= 11 is 0. The van der Waals surface area contributed by atoms with Crippen LogP contribution in [0.4, 0.5) is 5.69 Å². The standard InChI is InChI=1S/C41H37N/c1-30-24-25-34(36-19-12-13-20-37(36)35-28-26-33(27-29-35)32-16-9-7-10-17-32)18-8-5-6-11-21-38-31(2)42(30)40-23-15-14-22-39(40)41(38,3)4/h5-7,9-29H,1,8H2,2-4H3/b6-5+,21-11-,25-24-,34-18+. The number of rotatable bonds is 3. The zero-order chi connectivity index (χ0) is 29.1. The smallest absolute Gasteiger partial charge is 0.0499 e. The first kappa shape index (κ1) is 27.3. The summed E-state index contributed by atoms with van der Waals surface area (Å²) in [5.41, 5.74) is 13.1. The van der Waals surface area contributed by atoms with Crippen molar-refractivity contribution in [3.8, 4) is 22.3 Å². The van der Waals surface area contributed by atoms with Gasteiger partial charge in [0, 0.05) is 22.5 Å². The number of hydrogen-bond donors (Lipinski definition) is 0. The number of allylic oxidation sites excluding steroid dienone is 10. The van der Waals surface area contributed by atoms with Gasteiger partial charge in [-0.25, -0.2) is 0 Å². The molecule has 4 aromatic carbocycles. The molecule has 0 radical (unpaired) electrons. The molecule has 0 saturated carbocycles. The van der Waals surface area contributed by atoms with Gasteiger partial charge in [0.05, 0.1) is 0 Å². The third kappa shape index (κ3) is 5.15. The van der Waals surface area contributed by atoms with E-state index in [9.17, 15) is 0 Å². The number of anilines is 1. The van der Waals surface area contributed by atoms with Gasteiger partial charge in [-0.3, -0.25) is 0 Å². The number of benzene rings is 4. The minimum Gasteiger partial charge on any atom is -0.314 e. The van der Waals surface area contributed by atoms with E-state index in [-0.39, 0.29) is 5.41 Å². The molecule has 0 aromatic heterocycles. The Morgan fingerprint density at radius 1 is 0.643 bits per heavy atom. The maximum Gasteiger partial charge on any atom is 0.0499 e. The summed E-state index contributed by atoms with van der Waals surface area (Å²) in [7, 11) is 0. The molecule has 206 valence electrons. The van der Waals surface area contributed by atoms with E-state index in [1.165, 1.54) is 55.9 Å². The van der Waals surface area contributed by atoms with Crippen molar-refractivity contribution < 1.29 is 0 Å². The summed E-state index contributed by atoms with van der Waals surface area (Å²) < 4.78 is 0. The van der Waals surface area contributed by atoms with Crippen molar-refractivity contribution in [1.29, 1.82) is 0 Å². The van der Waals surface area contributed by atoms with Gasteiger partial charge >= 0.3 is 0 Å². The molecule has 42 heavy (non-hydrogen) atoms. The second kappa shape index (κ2) is 11.5. The molecular formula is C41H37N. The Bertz CT molecular complexity index is 1770. The van der Waals surface area contributed by atoms with E-state index in [0.29, 0.717) is 0 Å². The van der Waals surface area contributed by atoms with Crippen LogP contribution in [0.15, 0.2) is 169 Å². The van der Waals surface area contributed by atoms with Crippen LogP contribution in [0.2, 0.25) is 0 Å². The average molecular weight is 544 g/mol. The van der Waals surface area contributed by atoms with Gasteiger partial charge in [0.25, 0.3) is 0 Å². The van der Waals surface area contributed by atoms with Crippen molar-refractivity contribution in [1.82, 2.24) is 0 Å². The van der Waals surface area contributed by atoms with E-state index >= 15 is 0 Å². The van der Waals surface area contributed by atoms with E-state index in [1.54, 1.807) is 0 Å². The molecule has 0 N–H and O–H groups in total. The van der Waals surface area contributed by atoms with Gasteiger partial charge in [0.2, 0.25) is 0 Å². The lowest BCUT2D eigenvalue weighted by molar-refractivity contribution is 0.615. The largest absolute Gasteiger partial charge is 0.314 e. The SMILES string of the molecule is C=C1/C=C\C(c2ccccc2-c2ccc(-c3ccccc3)cc2)=C/C/C=C/C=C\C2=C(C)N1c1ccccc1C2(C)C. The predicted octanol–water partition coefficient (Wildman–Crippen LogP) is 11.1. The molecule has 0 amide bonds. The van der Waals surface area contributed by atoms with Gasteiger partial charge in [-0.2, -0.15) is 0 Å². The summed E-state index contributed by atoms with van der Waals surface area (Å²) in [6, 6.07) is 36.9. The van der Waals surface area contributed by atoms with Crippen molar-refractivity contribution in [2.75, 3.05) is 4.90 Å². The van der Waals surface area contributed by atoms with Gasteiger partial charge in [-0.05, 0) is 70.0 Å². The van der Waals surface area contributed by atoms with Crippen LogP contribution < -0.4 is 4.90 Å². The van der Waals surface area contributed by atoms with Crippen molar-refractivity contribution in [3.63, 3.8) is 0 Å². The Morgan fingerprint density at radius 3 is 2.07 bits per heavy atom. The van der Waals surface area contributed by atoms with E-state index in [1.807, 2.05) is 0 Å². The van der Waals surface area contributed by atoms with Crippen LogP contribution in [0, 0.1) is 0 Å². The fourth-order valence-corrected chi connectivity index (χ4v) is 6.29. The van der Waals surface area contributed by atoms with Gasteiger partial charge in [-0.1, -0.05) is 154 Å². The minimum atomic E-state index is -0.107. The van der Waals surface area contributed by atoms with Crippen LogP contribution in [0.25, 0.3) is 27.8 Å². The molecule has 1 nitrogen and oxygen atoms in total. The van der Waals surface area contributed by atoms with Crippen molar-refractivity contribution in [2.45, 2.75) is 32.6 Å². The zero-order valence-electron chi connectivity index (χ0n) is 24.7. The Balaban J connectivity index is 1.41. The normalized spacial score (nSPS) is 19.8. The maximum atomic E-state index is 4.57. The second-order valence-corrected chi connectivity index (χ2v) is 11.5. The molecule has 1 heteroatoms. The monoisotopic (exact) mass is 543 g/mol. The highest BCUT2D eigenvalue weighted by atomic mass is 15.2. The fourth-order valence-electron chi connectivity index (χ4n) is 6.29. The second-order valence-electron chi connectivity index (χ2n) is 11.5. The molecule has 2 bridgehead atoms. The van der Waals surface area contributed by atoms with Gasteiger partial charge < -0.3 is 4.90 Å². The molecular weight excluding hydrogens is 506 g/mol. The first-order valence-electron chi connectivity index (χ1n) is 14.7. The van der Waals surface area contributed by atoms with Gasteiger partial charge in [0.1, 0.15) is 0 Å². The Kier molecular flexibility index (Phi) is 7.50. The molecule has 0 spiro atoms. The Morgan fingerprint density at radius 2 is 1.29 bits per heavy atom. The topological polar surface area (TPSA) is 3.24 Å². The van der Waals surface area contributed by atoms with Gasteiger partial charge in [0.15, 0.2) is 0 Å². The maximum absolute atomic E-state index is 4.57. The highest BCUT2D eigenvalue weighted by Gasteiger charge is 2.36. The van der Waals surface area contributed by atoms with Crippen LogP contribution >= 0.6 is 0 Å². The Hall–Kier alpha value is -4.88. The minimum absolute atomic E-state index is 0.107. The number of nitrogens with zero attached hydrogens (tertiary/aromatic N) is 1. The predicted molar refractivity (Wildman–Crippen MR) is 181 cm³/mol. The lowest BCUT2D eigenvalue weighted by Crippen LogP contribution is -2.34. The van der Waals surface area contributed by atoms with Crippen LogP contribution in [0.3, 0.4) is 0 Å². The summed E-state index contributed by atoms with van der Waals surface area (Å²) in [5, 5.41) is 0. The lowest BCUT2D eigenvalue weighted by Gasteiger charge is -2.42. The summed E-state index contributed by atoms with van der Waals surface area (Å²) in [5.74, 6) is 0. The van der Waals surface area contributed by atoms with E-state index in [4.69, 9.17) is 0 Å². The molecule has 2 aliphatic rings. The van der Waals surface area contributed by atoms with Crippen LogP contribution in [-0.2, 0) is 5.41 Å². The summed E-state index contributed by atoms with van der Waals surface area (Å²) in [6.07, 6.45) is 16.4. The summed E-state index contributed by atoms with van der Waals surface area (Å²) in [6.45, 7) is 11.4. The van der Waals surface area contributed by atoms with E-state index in [0.717, 1.165) is 12.1 Å². The van der Waals surface area contributed by atoms with Crippen LogP contribution in [0.1, 0.15) is 38.3 Å². The first-order valence-corrected chi connectivity index (χ1v) is 14.7. The molecule has 4 aromatic rings.